The van der Waals surface area contributed by atoms with Crippen molar-refractivity contribution in [2.75, 3.05) is 37.1 Å². The highest BCUT2D eigenvalue weighted by atomic mass is 16.5. The van der Waals surface area contributed by atoms with E-state index >= 15 is 0 Å². The molecule has 0 bridgehead atoms. The molecule has 0 aliphatic carbocycles. The molecule has 5 nitrogen and oxygen atoms in total. The summed E-state index contributed by atoms with van der Waals surface area (Å²) >= 11 is 0. The van der Waals surface area contributed by atoms with Crippen molar-refractivity contribution < 1.29 is 14.3 Å². The van der Waals surface area contributed by atoms with E-state index in [0.717, 1.165) is 43.2 Å². The summed E-state index contributed by atoms with van der Waals surface area (Å²) in [5, 5.41) is 3.00. The molecular formula is C20H22N2O3. The summed E-state index contributed by atoms with van der Waals surface area (Å²) in [6.07, 6.45) is 1.90. The van der Waals surface area contributed by atoms with Gasteiger partial charge >= 0.3 is 6.03 Å². The monoisotopic (exact) mass is 338 g/mol. The highest BCUT2D eigenvalue weighted by Crippen LogP contribution is 2.46. The zero-order valence-corrected chi connectivity index (χ0v) is 14.3. The fraction of sp³-hybridized carbons (Fsp3) is 0.350. The Labute approximate surface area is 147 Å². The van der Waals surface area contributed by atoms with E-state index < -0.39 is 0 Å². The number of ether oxygens (including phenoxy) is 2. The van der Waals surface area contributed by atoms with Gasteiger partial charge in [0.1, 0.15) is 5.75 Å². The summed E-state index contributed by atoms with van der Waals surface area (Å²) in [5.41, 5.74) is 3.01. The average Bonchev–Trinajstić information content (AvgIpc) is 2.97. The predicted octanol–water partition coefficient (Wildman–Crippen LogP) is 3.80. The van der Waals surface area contributed by atoms with Crippen molar-refractivity contribution in [1.29, 1.82) is 0 Å². The second-order valence-corrected chi connectivity index (χ2v) is 6.66. The quantitative estimate of drug-likeness (QED) is 0.906. The number of benzene rings is 2. The maximum absolute atomic E-state index is 12.9. The first-order valence-corrected chi connectivity index (χ1v) is 8.62. The molecule has 2 heterocycles. The Balaban J connectivity index is 1.61. The van der Waals surface area contributed by atoms with Gasteiger partial charge in [-0.2, -0.15) is 0 Å². The van der Waals surface area contributed by atoms with E-state index in [0.29, 0.717) is 6.54 Å². The van der Waals surface area contributed by atoms with Crippen LogP contribution in [0, 0.1) is 0 Å². The van der Waals surface area contributed by atoms with Crippen molar-refractivity contribution >= 4 is 17.4 Å². The van der Waals surface area contributed by atoms with Crippen LogP contribution in [0.25, 0.3) is 0 Å². The van der Waals surface area contributed by atoms with E-state index in [4.69, 9.17) is 9.47 Å². The Morgan fingerprint density at radius 2 is 1.96 bits per heavy atom. The number of carbonyl (C=O) groups excluding carboxylic acids is 1. The Hall–Kier alpha value is -2.53. The first-order chi connectivity index (χ1) is 12.2. The lowest BCUT2D eigenvalue weighted by Crippen LogP contribution is -2.42. The molecule has 1 N–H and O–H groups in total. The maximum atomic E-state index is 12.9. The SMILES string of the molecule is COc1cccc(NC(=O)N2CC3(CCOCC3)c3ccccc32)c1. The molecule has 0 radical (unpaired) electrons. The molecule has 1 spiro atoms. The van der Waals surface area contributed by atoms with E-state index in [-0.39, 0.29) is 11.4 Å². The third-order valence-electron chi connectivity index (χ3n) is 5.24. The number of fused-ring (bicyclic) bond motifs is 2. The van der Waals surface area contributed by atoms with Gasteiger partial charge in [-0.15, -0.1) is 0 Å². The van der Waals surface area contributed by atoms with Crippen molar-refractivity contribution in [2.45, 2.75) is 18.3 Å². The van der Waals surface area contributed by atoms with Crippen LogP contribution in [0.2, 0.25) is 0 Å². The number of anilines is 2. The highest BCUT2D eigenvalue weighted by molar-refractivity contribution is 6.03. The summed E-state index contributed by atoms with van der Waals surface area (Å²) in [5.74, 6) is 0.723. The van der Waals surface area contributed by atoms with Crippen LogP contribution in [-0.2, 0) is 10.2 Å². The van der Waals surface area contributed by atoms with Gasteiger partial charge in [-0.05, 0) is 36.6 Å². The smallest absolute Gasteiger partial charge is 0.326 e. The molecule has 2 aromatic rings. The number of carbonyl (C=O) groups is 1. The van der Waals surface area contributed by atoms with Gasteiger partial charge in [0.2, 0.25) is 0 Å². The van der Waals surface area contributed by atoms with Crippen LogP contribution >= 0.6 is 0 Å². The summed E-state index contributed by atoms with van der Waals surface area (Å²) < 4.78 is 10.8. The lowest BCUT2D eigenvalue weighted by molar-refractivity contribution is 0.0557. The zero-order chi connectivity index (χ0) is 17.3. The van der Waals surface area contributed by atoms with Gasteiger partial charge in [0.05, 0.1) is 7.11 Å². The van der Waals surface area contributed by atoms with Crippen molar-refractivity contribution in [3.63, 3.8) is 0 Å². The number of hydrogen-bond donors (Lipinski definition) is 1. The van der Waals surface area contributed by atoms with Crippen LogP contribution in [0.5, 0.6) is 5.75 Å². The van der Waals surface area contributed by atoms with Gasteiger partial charge < -0.3 is 14.8 Å². The minimum atomic E-state index is -0.107. The Kier molecular flexibility index (Phi) is 4.09. The topological polar surface area (TPSA) is 50.8 Å². The lowest BCUT2D eigenvalue weighted by Gasteiger charge is -2.34. The minimum Gasteiger partial charge on any atom is -0.497 e. The highest BCUT2D eigenvalue weighted by Gasteiger charge is 2.45. The van der Waals surface area contributed by atoms with Crippen molar-refractivity contribution in [3.05, 3.63) is 54.1 Å². The molecule has 0 aromatic heterocycles. The van der Waals surface area contributed by atoms with E-state index in [1.165, 1.54) is 5.56 Å². The zero-order valence-electron chi connectivity index (χ0n) is 14.3. The number of urea groups is 1. The first kappa shape index (κ1) is 16.0. The fourth-order valence-corrected chi connectivity index (χ4v) is 3.89. The van der Waals surface area contributed by atoms with Crippen LogP contribution in [0.3, 0.4) is 0 Å². The number of nitrogens with one attached hydrogen (secondary N) is 1. The van der Waals surface area contributed by atoms with E-state index in [1.54, 1.807) is 7.11 Å². The first-order valence-electron chi connectivity index (χ1n) is 8.62. The van der Waals surface area contributed by atoms with Gasteiger partial charge in [0, 0.05) is 42.6 Å². The molecule has 0 saturated carbocycles. The molecule has 2 aliphatic rings. The van der Waals surface area contributed by atoms with E-state index in [2.05, 4.69) is 17.4 Å². The lowest BCUT2D eigenvalue weighted by atomic mass is 9.76. The van der Waals surface area contributed by atoms with Crippen LogP contribution < -0.4 is 15.0 Å². The molecule has 2 aliphatic heterocycles. The number of para-hydroxylation sites is 1. The van der Waals surface area contributed by atoms with Crippen LogP contribution in [0.15, 0.2) is 48.5 Å². The molecule has 25 heavy (non-hydrogen) atoms. The van der Waals surface area contributed by atoms with E-state index in [1.807, 2.05) is 41.3 Å². The fourth-order valence-electron chi connectivity index (χ4n) is 3.89. The summed E-state index contributed by atoms with van der Waals surface area (Å²) in [4.78, 5) is 14.8. The summed E-state index contributed by atoms with van der Waals surface area (Å²) in [6.45, 7) is 2.20. The number of hydrogen-bond acceptors (Lipinski definition) is 3. The van der Waals surface area contributed by atoms with Gasteiger partial charge in [0.15, 0.2) is 0 Å². The van der Waals surface area contributed by atoms with Crippen LogP contribution in [0.1, 0.15) is 18.4 Å². The predicted molar refractivity (Wildman–Crippen MR) is 97.5 cm³/mol. The van der Waals surface area contributed by atoms with Crippen LogP contribution in [-0.4, -0.2) is 32.9 Å². The molecular weight excluding hydrogens is 316 g/mol. The second-order valence-electron chi connectivity index (χ2n) is 6.66. The largest absolute Gasteiger partial charge is 0.497 e. The molecule has 2 amide bonds. The van der Waals surface area contributed by atoms with Gasteiger partial charge in [0.25, 0.3) is 0 Å². The van der Waals surface area contributed by atoms with Gasteiger partial charge in [-0.3, -0.25) is 4.90 Å². The average molecular weight is 338 g/mol. The molecule has 2 aromatic carbocycles. The minimum absolute atomic E-state index is 0.0144. The Morgan fingerprint density at radius 1 is 1.16 bits per heavy atom. The Morgan fingerprint density at radius 3 is 2.76 bits per heavy atom. The van der Waals surface area contributed by atoms with Crippen molar-refractivity contribution in [2.24, 2.45) is 0 Å². The summed E-state index contributed by atoms with van der Waals surface area (Å²) in [6, 6.07) is 15.5. The van der Waals surface area contributed by atoms with Crippen LogP contribution in [0.4, 0.5) is 16.2 Å². The third-order valence-corrected chi connectivity index (χ3v) is 5.24. The molecule has 4 rings (SSSR count). The molecule has 1 fully saturated rings. The molecule has 5 heteroatoms. The van der Waals surface area contributed by atoms with Gasteiger partial charge in [-0.25, -0.2) is 4.79 Å². The number of nitrogens with zero attached hydrogens (tertiary/aromatic N) is 1. The standard InChI is InChI=1S/C20H22N2O3/c1-24-16-6-4-5-15(13-16)21-19(23)22-14-20(9-11-25-12-10-20)17-7-2-3-8-18(17)22/h2-8,13H,9-12,14H2,1H3,(H,21,23). The van der Waals surface area contributed by atoms with E-state index in [9.17, 15) is 4.79 Å². The molecule has 1 saturated heterocycles. The van der Waals surface area contributed by atoms with Crippen molar-refractivity contribution in [1.82, 2.24) is 0 Å². The number of amides is 2. The number of methoxy groups -OCH3 is 1. The van der Waals surface area contributed by atoms with Gasteiger partial charge in [-0.1, -0.05) is 24.3 Å². The van der Waals surface area contributed by atoms with Crippen molar-refractivity contribution in [3.8, 4) is 5.75 Å². The molecule has 0 atom stereocenters. The maximum Gasteiger partial charge on any atom is 0.326 e. The second kappa shape index (κ2) is 6.41. The number of rotatable bonds is 2. The summed E-state index contributed by atoms with van der Waals surface area (Å²) in [7, 11) is 1.62. The Bertz CT molecular complexity index is 784. The normalized spacial score (nSPS) is 18.0. The molecule has 130 valence electrons. The third kappa shape index (κ3) is 2.85. The molecule has 0 unspecified atom stereocenters.